The standard InChI is InChI=1S/C17H18F3N3O5S2/c1-9-14(29-16(22-9)23-15(26)21-7-3-4-13(24)25)10-5-6-12(30(2,27)28)11(8-10)17(18,19)20/h5-6,8H,3-4,7H2,1-2H3,(H,24,25)(H2,21,22,23,26). The summed E-state index contributed by atoms with van der Waals surface area (Å²) in [5.41, 5.74) is -0.818. The topological polar surface area (TPSA) is 125 Å². The molecule has 13 heteroatoms. The number of aliphatic carboxylic acids is 1. The number of rotatable bonds is 7. The van der Waals surface area contributed by atoms with Crippen LogP contribution in [0.15, 0.2) is 23.1 Å². The maximum absolute atomic E-state index is 13.4. The minimum atomic E-state index is -4.87. The number of halogens is 3. The van der Waals surface area contributed by atoms with Gasteiger partial charge in [-0.25, -0.2) is 18.2 Å². The summed E-state index contributed by atoms with van der Waals surface area (Å²) < 4.78 is 63.5. The van der Waals surface area contributed by atoms with Crippen LogP contribution < -0.4 is 10.6 Å². The van der Waals surface area contributed by atoms with Gasteiger partial charge in [-0.1, -0.05) is 17.4 Å². The number of aromatic nitrogens is 1. The number of amides is 2. The number of thiazole rings is 1. The van der Waals surface area contributed by atoms with Crippen molar-refractivity contribution >= 4 is 38.3 Å². The molecule has 0 aliphatic heterocycles. The van der Waals surface area contributed by atoms with Gasteiger partial charge in [-0.05, 0) is 31.0 Å². The van der Waals surface area contributed by atoms with Crippen LogP contribution in [0.5, 0.6) is 0 Å². The Morgan fingerprint density at radius 2 is 1.93 bits per heavy atom. The van der Waals surface area contributed by atoms with E-state index in [0.29, 0.717) is 16.8 Å². The van der Waals surface area contributed by atoms with E-state index in [1.54, 1.807) is 6.92 Å². The fourth-order valence-electron chi connectivity index (χ4n) is 2.52. The van der Waals surface area contributed by atoms with Gasteiger partial charge in [0.15, 0.2) is 15.0 Å². The largest absolute Gasteiger partial charge is 0.481 e. The Morgan fingerprint density at radius 3 is 2.50 bits per heavy atom. The molecule has 0 fully saturated rings. The van der Waals surface area contributed by atoms with Gasteiger partial charge in [-0.15, -0.1) is 0 Å². The molecule has 0 saturated heterocycles. The zero-order chi connectivity index (χ0) is 22.7. The summed E-state index contributed by atoms with van der Waals surface area (Å²) in [4.78, 5) is 25.9. The number of nitrogens with zero attached hydrogens (tertiary/aromatic N) is 1. The summed E-state index contributed by atoms with van der Waals surface area (Å²) >= 11 is 0.924. The number of hydrogen-bond acceptors (Lipinski definition) is 6. The van der Waals surface area contributed by atoms with Gasteiger partial charge in [0, 0.05) is 19.2 Å². The second kappa shape index (κ2) is 9.00. The Labute approximate surface area is 174 Å². The molecule has 8 nitrogen and oxygen atoms in total. The molecule has 1 heterocycles. The number of sulfone groups is 1. The molecule has 0 saturated carbocycles. The highest BCUT2D eigenvalue weighted by Gasteiger charge is 2.36. The Balaban J connectivity index is 2.24. The third kappa shape index (κ3) is 6.16. The van der Waals surface area contributed by atoms with Gasteiger partial charge in [0.2, 0.25) is 0 Å². The van der Waals surface area contributed by atoms with Gasteiger partial charge >= 0.3 is 18.2 Å². The van der Waals surface area contributed by atoms with Crippen molar-refractivity contribution in [3.8, 4) is 10.4 Å². The number of carbonyl (C=O) groups is 2. The van der Waals surface area contributed by atoms with E-state index in [4.69, 9.17) is 5.11 Å². The average molecular weight is 465 g/mol. The molecular formula is C17H18F3N3O5S2. The highest BCUT2D eigenvalue weighted by atomic mass is 32.2. The van der Waals surface area contributed by atoms with Crippen molar-refractivity contribution in [2.75, 3.05) is 18.1 Å². The number of benzene rings is 1. The highest BCUT2D eigenvalue weighted by Crippen LogP contribution is 2.39. The van der Waals surface area contributed by atoms with Crippen LogP contribution in [0.4, 0.5) is 23.1 Å². The van der Waals surface area contributed by atoms with E-state index in [0.717, 1.165) is 23.5 Å². The number of alkyl halides is 3. The molecule has 0 spiro atoms. The van der Waals surface area contributed by atoms with Crippen LogP contribution in [0, 0.1) is 6.92 Å². The smallest absolute Gasteiger partial charge is 0.417 e. The molecule has 0 radical (unpaired) electrons. The lowest BCUT2D eigenvalue weighted by Crippen LogP contribution is -2.29. The van der Waals surface area contributed by atoms with E-state index < -0.39 is 38.5 Å². The number of carboxylic acids is 1. The number of carboxylic acid groups (broad SMARTS) is 1. The van der Waals surface area contributed by atoms with Crippen molar-refractivity contribution < 1.29 is 36.3 Å². The maximum Gasteiger partial charge on any atom is 0.417 e. The van der Waals surface area contributed by atoms with E-state index in [1.165, 1.54) is 6.07 Å². The minimum absolute atomic E-state index is 0.105. The number of anilines is 1. The summed E-state index contributed by atoms with van der Waals surface area (Å²) in [6.07, 6.45) is -4.04. The van der Waals surface area contributed by atoms with Gasteiger partial charge in [-0.3, -0.25) is 10.1 Å². The summed E-state index contributed by atoms with van der Waals surface area (Å²) in [7, 11) is -4.09. The Kier molecular flexibility index (Phi) is 7.08. The predicted octanol–water partition coefficient (Wildman–Crippen LogP) is 3.53. The second-order valence-corrected chi connectivity index (χ2v) is 9.28. The van der Waals surface area contributed by atoms with Crippen LogP contribution in [0.2, 0.25) is 0 Å². The first-order valence-corrected chi connectivity index (χ1v) is 11.2. The molecular weight excluding hydrogens is 447 g/mol. The Morgan fingerprint density at radius 1 is 1.27 bits per heavy atom. The Hall–Kier alpha value is -2.67. The summed E-state index contributed by atoms with van der Waals surface area (Å²) in [6, 6.07) is 2.26. The summed E-state index contributed by atoms with van der Waals surface area (Å²) in [5.74, 6) is -0.988. The van der Waals surface area contributed by atoms with E-state index in [-0.39, 0.29) is 30.1 Å². The monoisotopic (exact) mass is 465 g/mol. The number of nitrogens with one attached hydrogen (secondary N) is 2. The highest BCUT2D eigenvalue weighted by molar-refractivity contribution is 7.90. The minimum Gasteiger partial charge on any atom is -0.481 e. The van der Waals surface area contributed by atoms with Gasteiger partial charge in [0.1, 0.15) is 0 Å². The molecule has 2 rings (SSSR count). The van der Waals surface area contributed by atoms with Crippen molar-refractivity contribution in [3.63, 3.8) is 0 Å². The molecule has 30 heavy (non-hydrogen) atoms. The molecule has 1 aromatic carbocycles. The molecule has 164 valence electrons. The van der Waals surface area contributed by atoms with Crippen LogP contribution in [0.25, 0.3) is 10.4 Å². The van der Waals surface area contributed by atoms with E-state index in [1.807, 2.05) is 0 Å². The van der Waals surface area contributed by atoms with E-state index in [9.17, 15) is 31.2 Å². The zero-order valence-electron chi connectivity index (χ0n) is 15.8. The average Bonchev–Trinajstić information content (AvgIpc) is 2.96. The lowest BCUT2D eigenvalue weighted by atomic mass is 10.1. The normalized spacial score (nSPS) is 11.9. The first kappa shape index (κ1) is 23.6. The molecule has 0 aliphatic rings. The molecule has 0 bridgehead atoms. The van der Waals surface area contributed by atoms with Crippen LogP contribution in [0.1, 0.15) is 24.1 Å². The van der Waals surface area contributed by atoms with Gasteiger partial charge in [0.05, 0.1) is 21.0 Å². The Bertz CT molecular complexity index is 1070. The molecule has 1 aromatic heterocycles. The fourth-order valence-corrected chi connectivity index (χ4v) is 4.36. The third-order valence-corrected chi connectivity index (χ3v) is 6.09. The van der Waals surface area contributed by atoms with Gasteiger partial charge in [0.25, 0.3) is 0 Å². The number of hydrogen-bond donors (Lipinski definition) is 3. The lowest BCUT2D eigenvalue weighted by Gasteiger charge is -2.13. The number of carbonyl (C=O) groups excluding carboxylic acids is 1. The van der Waals surface area contributed by atoms with E-state index >= 15 is 0 Å². The van der Waals surface area contributed by atoms with Crippen molar-refractivity contribution in [2.45, 2.75) is 30.8 Å². The summed E-state index contributed by atoms with van der Waals surface area (Å²) in [6.45, 7) is 1.66. The first-order chi connectivity index (χ1) is 13.8. The molecule has 0 unspecified atom stereocenters. The zero-order valence-corrected chi connectivity index (χ0v) is 17.5. The van der Waals surface area contributed by atoms with Gasteiger partial charge < -0.3 is 10.4 Å². The van der Waals surface area contributed by atoms with Crippen LogP contribution in [-0.2, 0) is 20.8 Å². The number of urea groups is 1. The predicted molar refractivity (Wildman–Crippen MR) is 104 cm³/mol. The van der Waals surface area contributed by atoms with Crippen LogP contribution in [0.3, 0.4) is 0 Å². The van der Waals surface area contributed by atoms with Crippen molar-refractivity contribution in [2.24, 2.45) is 0 Å². The van der Waals surface area contributed by atoms with Crippen molar-refractivity contribution in [1.29, 1.82) is 0 Å². The quantitative estimate of drug-likeness (QED) is 0.537. The van der Waals surface area contributed by atoms with Crippen LogP contribution in [-0.4, -0.2) is 43.3 Å². The molecule has 3 N–H and O–H groups in total. The number of aryl methyl sites for hydroxylation is 1. The molecule has 0 aliphatic carbocycles. The maximum atomic E-state index is 13.4. The third-order valence-electron chi connectivity index (χ3n) is 3.82. The SMILES string of the molecule is Cc1nc(NC(=O)NCCCC(=O)O)sc1-c1ccc(S(C)(=O)=O)c(C(F)(F)F)c1. The lowest BCUT2D eigenvalue weighted by molar-refractivity contribution is -0.140. The van der Waals surface area contributed by atoms with Crippen LogP contribution >= 0.6 is 11.3 Å². The summed E-state index contributed by atoms with van der Waals surface area (Å²) in [5, 5.41) is 13.5. The molecule has 2 aromatic rings. The van der Waals surface area contributed by atoms with Crippen molar-refractivity contribution in [1.82, 2.24) is 10.3 Å². The molecule has 0 atom stereocenters. The van der Waals surface area contributed by atoms with Crippen molar-refractivity contribution in [3.05, 3.63) is 29.5 Å². The second-order valence-electron chi connectivity index (χ2n) is 6.29. The first-order valence-electron chi connectivity index (χ1n) is 8.45. The van der Waals surface area contributed by atoms with E-state index in [2.05, 4.69) is 15.6 Å². The molecule has 2 amide bonds. The fraction of sp³-hybridized carbons (Fsp3) is 0.353. The van der Waals surface area contributed by atoms with Gasteiger partial charge in [-0.2, -0.15) is 13.2 Å².